The van der Waals surface area contributed by atoms with Crippen molar-refractivity contribution in [2.75, 3.05) is 13.7 Å². The fourth-order valence-corrected chi connectivity index (χ4v) is 2.36. The average molecular weight is 264 g/mol. The van der Waals surface area contributed by atoms with Gasteiger partial charge in [-0.25, -0.2) is 0 Å². The van der Waals surface area contributed by atoms with Gasteiger partial charge in [-0.15, -0.1) is 0 Å². The van der Waals surface area contributed by atoms with Crippen molar-refractivity contribution in [1.82, 2.24) is 0 Å². The van der Waals surface area contributed by atoms with Gasteiger partial charge >= 0.3 is 5.97 Å². The van der Waals surface area contributed by atoms with Crippen molar-refractivity contribution < 1.29 is 19.4 Å². The average Bonchev–Trinajstić information content (AvgIpc) is 3.17. The Morgan fingerprint density at radius 2 is 2.21 bits per heavy atom. The molecule has 1 fully saturated rings. The van der Waals surface area contributed by atoms with Crippen LogP contribution in [-0.2, 0) is 11.2 Å². The Hall–Kier alpha value is -1.71. The Morgan fingerprint density at radius 1 is 1.42 bits per heavy atom. The van der Waals surface area contributed by atoms with Crippen LogP contribution in [0.15, 0.2) is 18.2 Å². The second-order valence-corrected chi connectivity index (χ2v) is 4.90. The highest BCUT2D eigenvalue weighted by Gasteiger charge is 2.42. The summed E-state index contributed by atoms with van der Waals surface area (Å²) in [5, 5.41) is 8.86. The molecule has 1 aliphatic carbocycles. The molecule has 0 saturated heterocycles. The minimum atomic E-state index is -0.658. The molecule has 19 heavy (non-hydrogen) atoms. The molecule has 4 nitrogen and oxygen atoms in total. The molecule has 0 aliphatic heterocycles. The van der Waals surface area contributed by atoms with E-state index in [0.717, 1.165) is 36.3 Å². The summed E-state index contributed by atoms with van der Waals surface area (Å²) < 4.78 is 10.8. The van der Waals surface area contributed by atoms with Gasteiger partial charge in [0.15, 0.2) is 11.5 Å². The Labute approximate surface area is 113 Å². The summed E-state index contributed by atoms with van der Waals surface area (Å²) in [4.78, 5) is 10.8. The number of benzene rings is 1. The minimum Gasteiger partial charge on any atom is -0.493 e. The first-order valence-corrected chi connectivity index (χ1v) is 6.68. The van der Waals surface area contributed by atoms with Crippen molar-refractivity contribution in [2.45, 2.75) is 26.2 Å². The maximum atomic E-state index is 10.8. The predicted molar refractivity (Wildman–Crippen MR) is 71.7 cm³/mol. The van der Waals surface area contributed by atoms with Crippen LogP contribution in [0.1, 0.15) is 25.3 Å². The fraction of sp³-hybridized carbons (Fsp3) is 0.533. The van der Waals surface area contributed by atoms with Gasteiger partial charge < -0.3 is 14.6 Å². The number of hydrogen-bond acceptors (Lipinski definition) is 3. The molecule has 0 radical (unpaired) electrons. The van der Waals surface area contributed by atoms with E-state index in [1.165, 1.54) is 0 Å². The van der Waals surface area contributed by atoms with Crippen molar-refractivity contribution >= 4 is 5.97 Å². The van der Waals surface area contributed by atoms with E-state index in [2.05, 4.69) is 0 Å². The van der Waals surface area contributed by atoms with E-state index in [0.29, 0.717) is 12.5 Å². The molecule has 1 aromatic rings. The Kier molecular flexibility index (Phi) is 4.30. The molecule has 2 unspecified atom stereocenters. The van der Waals surface area contributed by atoms with E-state index in [1.54, 1.807) is 7.11 Å². The Bertz CT molecular complexity index is 455. The van der Waals surface area contributed by atoms with E-state index in [-0.39, 0.29) is 5.92 Å². The smallest absolute Gasteiger partial charge is 0.306 e. The monoisotopic (exact) mass is 264 g/mol. The highest BCUT2D eigenvalue weighted by molar-refractivity contribution is 5.73. The summed E-state index contributed by atoms with van der Waals surface area (Å²) in [6.07, 6.45) is 2.63. The predicted octanol–water partition coefficient (Wildman–Crippen LogP) is 2.75. The largest absolute Gasteiger partial charge is 0.493 e. The van der Waals surface area contributed by atoms with Crippen LogP contribution in [0.4, 0.5) is 0 Å². The van der Waals surface area contributed by atoms with E-state index >= 15 is 0 Å². The van der Waals surface area contributed by atoms with Crippen molar-refractivity contribution in [1.29, 1.82) is 0 Å². The summed E-state index contributed by atoms with van der Waals surface area (Å²) in [7, 11) is 1.63. The number of methoxy groups -OCH3 is 1. The quantitative estimate of drug-likeness (QED) is 0.822. The third-order valence-corrected chi connectivity index (χ3v) is 3.57. The van der Waals surface area contributed by atoms with Crippen LogP contribution in [0.2, 0.25) is 0 Å². The van der Waals surface area contributed by atoms with Crippen molar-refractivity contribution in [3.05, 3.63) is 23.8 Å². The highest BCUT2D eigenvalue weighted by atomic mass is 16.5. The standard InChI is InChI=1S/C15H20O4/c1-3-19-13-7-5-10(8-14(13)18-2)4-6-11-9-12(11)15(16)17/h5,7-8,11-12H,3-4,6,9H2,1-2H3,(H,16,17). The summed E-state index contributed by atoms with van der Waals surface area (Å²) in [6.45, 7) is 2.55. The molecule has 1 aromatic carbocycles. The van der Waals surface area contributed by atoms with Gasteiger partial charge in [-0.1, -0.05) is 6.07 Å². The lowest BCUT2D eigenvalue weighted by Gasteiger charge is -2.10. The van der Waals surface area contributed by atoms with Gasteiger partial charge in [-0.2, -0.15) is 0 Å². The third kappa shape index (κ3) is 3.40. The molecular weight excluding hydrogens is 244 g/mol. The molecule has 1 saturated carbocycles. The molecule has 2 rings (SSSR count). The topological polar surface area (TPSA) is 55.8 Å². The van der Waals surface area contributed by atoms with Crippen LogP contribution in [0.3, 0.4) is 0 Å². The second kappa shape index (κ2) is 5.95. The van der Waals surface area contributed by atoms with Gasteiger partial charge in [0.05, 0.1) is 19.6 Å². The summed E-state index contributed by atoms with van der Waals surface area (Å²) in [6, 6.07) is 5.91. The summed E-state index contributed by atoms with van der Waals surface area (Å²) in [5.41, 5.74) is 1.16. The number of carbonyl (C=O) groups is 1. The van der Waals surface area contributed by atoms with Crippen LogP contribution >= 0.6 is 0 Å². The molecule has 0 heterocycles. The molecule has 4 heteroatoms. The normalized spacial score (nSPS) is 20.9. The lowest BCUT2D eigenvalue weighted by Crippen LogP contribution is -2.00. The van der Waals surface area contributed by atoms with Crippen LogP contribution in [0.5, 0.6) is 11.5 Å². The second-order valence-electron chi connectivity index (χ2n) is 4.90. The maximum Gasteiger partial charge on any atom is 0.306 e. The lowest BCUT2D eigenvalue weighted by atomic mass is 10.1. The Morgan fingerprint density at radius 3 is 2.79 bits per heavy atom. The van der Waals surface area contributed by atoms with Gasteiger partial charge in [-0.05, 0) is 49.8 Å². The summed E-state index contributed by atoms with van der Waals surface area (Å²) in [5.74, 6) is 1.06. The lowest BCUT2D eigenvalue weighted by molar-refractivity contribution is -0.138. The third-order valence-electron chi connectivity index (χ3n) is 3.57. The van der Waals surface area contributed by atoms with Gasteiger partial charge in [-0.3, -0.25) is 4.79 Å². The van der Waals surface area contributed by atoms with Gasteiger partial charge in [0.1, 0.15) is 0 Å². The van der Waals surface area contributed by atoms with Gasteiger partial charge in [0.2, 0.25) is 0 Å². The minimum absolute atomic E-state index is 0.121. The molecule has 2 atom stereocenters. The molecule has 1 N–H and O–H groups in total. The first-order chi connectivity index (χ1) is 9.15. The van der Waals surface area contributed by atoms with Crippen molar-refractivity contribution in [2.24, 2.45) is 11.8 Å². The molecule has 104 valence electrons. The molecule has 0 aromatic heterocycles. The van der Waals surface area contributed by atoms with Crippen molar-refractivity contribution in [3.63, 3.8) is 0 Å². The van der Waals surface area contributed by atoms with Crippen LogP contribution in [0, 0.1) is 11.8 Å². The zero-order valence-corrected chi connectivity index (χ0v) is 11.4. The van der Waals surface area contributed by atoms with E-state index in [1.807, 2.05) is 25.1 Å². The first kappa shape index (κ1) is 13.7. The first-order valence-electron chi connectivity index (χ1n) is 6.68. The molecular formula is C15H20O4. The van der Waals surface area contributed by atoms with E-state index in [4.69, 9.17) is 14.6 Å². The van der Waals surface area contributed by atoms with Gasteiger partial charge in [0, 0.05) is 0 Å². The van der Waals surface area contributed by atoms with Gasteiger partial charge in [0.25, 0.3) is 0 Å². The van der Waals surface area contributed by atoms with Crippen molar-refractivity contribution in [3.8, 4) is 11.5 Å². The van der Waals surface area contributed by atoms with Crippen LogP contribution in [-0.4, -0.2) is 24.8 Å². The summed E-state index contributed by atoms with van der Waals surface area (Å²) >= 11 is 0. The molecule has 0 bridgehead atoms. The fourth-order valence-electron chi connectivity index (χ4n) is 2.36. The molecule has 1 aliphatic rings. The number of ether oxygens (including phenoxy) is 2. The number of hydrogen-bond donors (Lipinski definition) is 1. The number of aliphatic carboxylic acids is 1. The van der Waals surface area contributed by atoms with Crippen LogP contribution < -0.4 is 9.47 Å². The molecule has 0 spiro atoms. The number of carboxylic acids is 1. The van der Waals surface area contributed by atoms with Crippen LogP contribution in [0.25, 0.3) is 0 Å². The highest BCUT2D eigenvalue weighted by Crippen LogP contribution is 2.42. The molecule has 0 amide bonds. The number of carboxylic acid groups (broad SMARTS) is 1. The Balaban J connectivity index is 1.92. The SMILES string of the molecule is CCOc1ccc(CCC2CC2C(=O)O)cc1OC. The maximum absolute atomic E-state index is 10.8. The van der Waals surface area contributed by atoms with E-state index in [9.17, 15) is 4.79 Å². The zero-order chi connectivity index (χ0) is 13.8. The number of rotatable bonds is 7. The zero-order valence-electron chi connectivity index (χ0n) is 11.4. The van der Waals surface area contributed by atoms with E-state index < -0.39 is 5.97 Å². The number of aryl methyl sites for hydroxylation is 1.